The maximum atomic E-state index is 12.9. The minimum atomic E-state index is -0.572. The van der Waals surface area contributed by atoms with E-state index >= 15 is 0 Å². The topological polar surface area (TPSA) is 63.2 Å². The number of methoxy groups -OCH3 is 1. The quantitative estimate of drug-likeness (QED) is 0.502. The van der Waals surface area contributed by atoms with Crippen molar-refractivity contribution in [2.75, 3.05) is 13.9 Å². The molecular formula is C25H28O6. The van der Waals surface area contributed by atoms with Gasteiger partial charge in [-0.05, 0) is 50.5 Å². The molecule has 0 radical (unpaired) electrons. The molecule has 0 amide bonds. The van der Waals surface area contributed by atoms with Crippen LogP contribution in [0.3, 0.4) is 0 Å². The lowest BCUT2D eigenvalue weighted by atomic mass is 9.82. The first kappa shape index (κ1) is 21.1. The van der Waals surface area contributed by atoms with Gasteiger partial charge in [0.15, 0.2) is 23.0 Å². The highest BCUT2D eigenvalue weighted by atomic mass is 16.7. The summed E-state index contributed by atoms with van der Waals surface area (Å²) in [6.45, 7) is 9.95. The van der Waals surface area contributed by atoms with Crippen LogP contribution in [0, 0.1) is 0 Å². The molecule has 0 saturated heterocycles. The van der Waals surface area contributed by atoms with Crippen LogP contribution < -0.4 is 18.9 Å². The number of ether oxygens (including phenoxy) is 5. The minimum absolute atomic E-state index is 0.164. The van der Waals surface area contributed by atoms with Crippen LogP contribution in [0.4, 0.5) is 0 Å². The number of hydrogen-bond donors (Lipinski definition) is 0. The smallest absolute Gasteiger partial charge is 0.307 e. The summed E-state index contributed by atoms with van der Waals surface area (Å²) in [5.41, 5.74) is 3.23. The van der Waals surface area contributed by atoms with Crippen molar-refractivity contribution in [3.8, 4) is 23.0 Å². The van der Waals surface area contributed by atoms with Crippen molar-refractivity contribution in [1.29, 1.82) is 0 Å². The molecule has 6 heteroatoms. The summed E-state index contributed by atoms with van der Waals surface area (Å²) < 4.78 is 28.9. The molecule has 2 heterocycles. The number of benzene rings is 2. The first-order chi connectivity index (χ1) is 14.8. The molecule has 2 aromatic carbocycles. The summed E-state index contributed by atoms with van der Waals surface area (Å²) in [5.74, 6) is 2.05. The summed E-state index contributed by atoms with van der Waals surface area (Å²) in [5, 5.41) is 0. The van der Waals surface area contributed by atoms with E-state index in [4.69, 9.17) is 23.7 Å². The summed E-state index contributed by atoms with van der Waals surface area (Å²) in [7, 11) is 1.61. The van der Waals surface area contributed by atoms with E-state index in [0.29, 0.717) is 29.4 Å². The normalized spacial score (nSPS) is 16.5. The molecule has 2 aliphatic heterocycles. The van der Waals surface area contributed by atoms with Gasteiger partial charge in [-0.2, -0.15) is 0 Å². The fourth-order valence-electron chi connectivity index (χ4n) is 4.23. The number of carbonyl (C=O) groups excluding carboxylic acids is 1. The number of carbonyl (C=O) groups is 1. The monoisotopic (exact) mass is 424 g/mol. The number of hydrogen-bond acceptors (Lipinski definition) is 6. The van der Waals surface area contributed by atoms with Crippen LogP contribution in [-0.2, 0) is 22.6 Å². The van der Waals surface area contributed by atoms with Crippen molar-refractivity contribution in [3.05, 3.63) is 59.2 Å². The molecule has 0 unspecified atom stereocenters. The van der Waals surface area contributed by atoms with Crippen LogP contribution in [0.5, 0.6) is 23.0 Å². The molecule has 0 bridgehead atoms. The highest BCUT2D eigenvalue weighted by molar-refractivity contribution is 5.74. The highest BCUT2D eigenvalue weighted by Crippen LogP contribution is 2.50. The van der Waals surface area contributed by atoms with Crippen LogP contribution >= 0.6 is 0 Å². The van der Waals surface area contributed by atoms with Crippen molar-refractivity contribution in [2.45, 2.75) is 51.7 Å². The molecule has 1 atom stereocenters. The number of esters is 1. The Bertz CT molecular complexity index is 1020. The number of fused-ring (bicyclic) bond motifs is 4. The zero-order valence-electron chi connectivity index (χ0n) is 18.4. The van der Waals surface area contributed by atoms with Crippen LogP contribution in [0.25, 0.3) is 0 Å². The molecule has 2 aliphatic rings. The highest BCUT2D eigenvalue weighted by Gasteiger charge is 2.35. The molecule has 2 aromatic rings. The van der Waals surface area contributed by atoms with Gasteiger partial charge in [0.1, 0.15) is 12.2 Å². The minimum Gasteiger partial charge on any atom is -0.493 e. The Labute approximate surface area is 182 Å². The maximum Gasteiger partial charge on any atom is 0.307 e. The standard InChI is InChI=1S/C25H28O6/c1-6-7-15-8-10-19(27-5)24-22(15)17(12-21(26)31-25(2,3)4)16-9-11-20-23(30-14-29-20)18(16)13-28-24/h6,8-11,17H,1,7,12-14H2,2-5H3/t17-/m0/s1. The molecule has 0 aliphatic carbocycles. The molecule has 6 nitrogen and oxygen atoms in total. The van der Waals surface area contributed by atoms with E-state index in [1.165, 1.54) is 0 Å². The summed E-state index contributed by atoms with van der Waals surface area (Å²) in [6, 6.07) is 7.78. The van der Waals surface area contributed by atoms with Crippen LogP contribution in [0.15, 0.2) is 36.9 Å². The predicted molar refractivity (Wildman–Crippen MR) is 116 cm³/mol. The first-order valence-corrected chi connectivity index (χ1v) is 10.4. The van der Waals surface area contributed by atoms with Gasteiger partial charge in [0, 0.05) is 17.0 Å². The third-order valence-corrected chi connectivity index (χ3v) is 5.39. The molecule has 0 aromatic heterocycles. The Morgan fingerprint density at radius 1 is 1.16 bits per heavy atom. The van der Waals surface area contributed by atoms with Gasteiger partial charge in [0.2, 0.25) is 6.79 Å². The lowest BCUT2D eigenvalue weighted by Gasteiger charge is -2.25. The van der Waals surface area contributed by atoms with Gasteiger partial charge in [-0.1, -0.05) is 18.2 Å². The Morgan fingerprint density at radius 3 is 2.68 bits per heavy atom. The van der Waals surface area contributed by atoms with E-state index in [2.05, 4.69) is 6.58 Å². The zero-order chi connectivity index (χ0) is 22.2. The fraction of sp³-hybridized carbons (Fsp3) is 0.400. The van der Waals surface area contributed by atoms with E-state index in [0.717, 1.165) is 22.3 Å². The molecule has 0 N–H and O–H groups in total. The zero-order valence-corrected chi connectivity index (χ0v) is 18.4. The third-order valence-electron chi connectivity index (χ3n) is 5.39. The maximum absolute atomic E-state index is 12.9. The SMILES string of the molecule is C=CCc1ccc(OC)c2c1[C@@H](CC(=O)OC(C)(C)C)c1ccc3c(c1CO2)OCO3. The Kier molecular flexibility index (Phi) is 5.56. The van der Waals surface area contributed by atoms with E-state index in [9.17, 15) is 4.79 Å². The molecular weight excluding hydrogens is 396 g/mol. The molecule has 31 heavy (non-hydrogen) atoms. The Balaban J connectivity index is 1.90. The second-order valence-electron chi connectivity index (χ2n) is 8.66. The van der Waals surface area contributed by atoms with Gasteiger partial charge in [-0.25, -0.2) is 0 Å². The van der Waals surface area contributed by atoms with Gasteiger partial charge in [0.05, 0.1) is 13.5 Å². The fourth-order valence-corrected chi connectivity index (χ4v) is 4.23. The Morgan fingerprint density at radius 2 is 1.97 bits per heavy atom. The molecule has 164 valence electrons. The average Bonchev–Trinajstić information content (AvgIpc) is 3.12. The van der Waals surface area contributed by atoms with E-state index in [-0.39, 0.29) is 31.7 Å². The van der Waals surface area contributed by atoms with Crippen LogP contribution in [0.2, 0.25) is 0 Å². The van der Waals surface area contributed by atoms with Gasteiger partial charge < -0.3 is 23.7 Å². The van der Waals surface area contributed by atoms with Gasteiger partial charge in [-0.3, -0.25) is 4.79 Å². The second kappa shape index (κ2) is 8.17. The lowest BCUT2D eigenvalue weighted by Crippen LogP contribution is -2.25. The second-order valence-corrected chi connectivity index (χ2v) is 8.66. The number of allylic oxidation sites excluding steroid dienone is 1. The predicted octanol–water partition coefficient (Wildman–Crippen LogP) is 4.91. The van der Waals surface area contributed by atoms with Gasteiger partial charge >= 0.3 is 5.97 Å². The summed E-state index contributed by atoms with van der Waals surface area (Å²) in [4.78, 5) is 12.9. The van der Waals surface area contributed by atoms with E-state index in [1.807, 2.05) is 51.1 Å². The average molecular weight is 424 g/mol. The van der Waals surface area contributed by atoms with Crippen molar-refractivity contribution in [2.24, 2.45) is 0 Å². The van der Waals surface area contributed by atoms with E-state index < -0.39 is 5.60 Å². The van der Waals surface area contributed by atoms with Crippen molar-refractivity contribution in [1.82, 2.24) is 0 Å². The molecule has 0 fully saturated rings. The van der Waals surface area contributed by atoms with Crippen LogP contribution in [0.1, 0.15) is 55.4 Å². The summed E-state index contributed by atoms with van der Waals surface area (Å²) >= 11 is 0. The number of rotatable bonds is 5. The summed E-state index contributed by atoms with van der Waals surface area (Å²) in [6.07, 6.45) is 2.65. The lowest BCUT2D eigenvalue weighted by molar-refractivity contribution is -0.155. The van der Waals surface area contributed by atoms with E-state index in [1.54, 1.807) is 7.11 Å². The molecule has 0 spiro atoms. The third kappa shape index (κ3) is 4.07. The van der Waals surface area contributed by atoms with Crippen molar-refractivity contribution in [3.63, 3.8) is 0 Å². The van der Waals surface area contributed by atoms with Crippen molar-refractivity contribution < 1.29 is 28.5 Å². The largest absolute Gasteiger partial charge is 0.493 e. The molecule has 4 rings (SSSR count). The van der Waals surface area contributed by atoms with Gasteiger partial charge in [-0.15, -0.1) is 6.58 Å². The first-order valence-electron chi connectivity index (χ1n) is 10.4. The van der Waals surface area contributed by atoms with Gasteiger partial charge in [0.25, 0.3) is 0 Å². The molecule has 0 saturated carbocycles. The van der Waals surface area contributed by atoms with Crippen LogP contribution in [-0.4, -0.2) is 25.5 Å². The Hall–Kier alpha value is -3.15. The van der Waals surface area contributed by atoms with Crippen molar-refractivity contribution >= 4 is 5.97 Å².